The molecule has 1 amide bonds. The van der Waals surface area contributed by atoms with Crippen LogP contribution in [0.1, 0.15) is 10.4 Å². The third-order valence-corrected chi connectivity index (χ3v) is 2.95. The van der Waals surface area contributed by atoms with Crippen molar-refractivity contribution < 1.29 is 22.7 Å². The van der Waals surface area contributed by atoms with Gasteiger partial charge in [-0.1, -0.05) is 0 Å². The number of nitrogens with two attached hydrogens (primary N) is 1. The van der Waals surface area contributed by atoms with Gasteiger partial charge < -0.3 is 15.8 Å². The smallest absolute Gasteiger partial charge is 0.405 e. The number of amides is 1. The molecule has 0 radical (unpaired) electrons. The number of nitrogens with zero attached hydrogens (tertiary/aromatic N) is 1. The van der Waals surface area contributed by atoms with Crippen LogP contribution in [0.25, 0.3) is 0 Å². The van der Waals surface area contributed by atoms with E-state index in [1.54, 1.807) is 0 Å². The highest BCUT2D eigenvalue weighted by atomic mass is 79.9. The Hall–Kier alpha value is -2.23. The zero-order valence-electron chi connectivity index (χ0n) is 10.2. The van der Waals surface area contributed by atoms with E-state index in [0.717, 1.165) is 6.07 Å². The van der Waals surface area contributed by atoms with Gasteiger partial charge in [0, 0.05) is 5.69 Å². The lowest BCUT2D eigenvalue weighted by Crippen LogP contribution is -2.17. The molecule has 2 aromatic rings. The standard InChI is InChI=1S/C11H8BrF3N4O2/c12-7-3-5(1-2-8(7)21-11(13,14)15)18-10(20)6-4-17-19-9(6)16/h1-4H,(H,18,20)(H3,16,17,19). The highest BCUT2D eigenvalue weighted by Gasteiger charge is 2.32. The van der Waals surface area contributed by atoms with Crippen LogP contribution < -0.4 is 15.8 Å². The molecule has 0 aliphatic carbocycles. The Morgan fingerprint density at radius 2 is 2.14 bits per heavy atom. The van der Waals surface area contributed by atoms with Crippen molar-refractivity contribution >= 4 is 33.3 Å². The highest BCUT2D eigenvalue weighted by Crippen LogP contribution is 2.32. The van der Waals surface area contributed by atoms with Crippen LogP contribution in [0, 0.1) is 0 Å². The molecule has 10 heteroatoms. The second-order valence-electron chi connectivity index (χ2n) is 3.84. The fourth-order valence-corrected chi connectivity index (χ4v) is 1.92. The van der Waals surface area contributed by atoms with E-state index in [0.29, 0.717) is 0 Å². The van der Waals surface area contributed by atoms with Gasteiger partial charge in [0.15, 0.2) is 0 Å². The number of halogens is 4. The minimum Gasteiger partial charge on any atom is -0.405 e. The van der Waals surface area contributed by atoms with E-state index in [4.69, 9.17) is 5.73 Å². The fourth-order valence-electron chi connectivity index (χ4n) is 1.46. The van der Waals surface area contributed by atoms with E-state index in [1.165, 1.54) is 18.3 Å². The van der Waals surface area contributed by atoms with Crippen molar-refractivity contribution in [3.8, 4) is 5.75 Å². The lowest BCUT2D eigenvalue weighted by Gasteiger charge is -2.12. The molecule has 0 aliphatic heterocycles. The zero-order valence-corrected chi connectivity index (χ0v) is 11.7. The number of carbonyl (C=O) groups is 1. The highest BCUT2D eigenvalue weighted by molar-refractivity contribution is 9.10. The normalized spacial score (nSPS) is 11.2. The molecular formula is C11H8BrF3N4O2. The number of aromatic amines is 1. The Morgan fingerprint density at radius 1 is 1.43 bits per heavy atom. The summed E-state index contributed by atoms with van der Waals surface area (Å²) in [7, 11) is 0. The first-order valence-electron chi connectivity index (χ1n) is 5.42. The van der Waals surface area contributed by atoms with Crippen molar-refractivity contribution in [2.45, 2.75) is 6.36 Å². The minimum absolute atomic E-state index is 0.0396. The van der Waals surface area contributed by atoms with E-state index in [9.17, 15) is 18.0 Å². The Labute approximate surface area is 124 Å². The molecule has 2 rings (SSSR count). The third kappa shape index (κ3) is 3.88. The average Bonchev–Trinajstić information content (AvgIpc) is 2.77. The molecule has 6 nitrogen and oxygen atoms in total. The van der Waals surface area contributed by atoms with Crippen LogP contribution in [0.3, 0.4) is 0 Å². The first-order chi connectivity index (χ1) is 9.76. The van der Waals surface area contributed by atoms with Gasteiger partial charge in [-0.15, -0.1) is 13.2 Å². The van der Waals surface area contributed by atoms with Gasteiger partial charge in [0.05, 0.1) is 10.7 Å². The number of alkyl halides is 3. The third-order valence-electron chi connectivity index (χ3n) is 2.33. The van der Waals surface area contributed by atoms with Gasteiger partial charge >= 0.3 is 6.36 Å². The lowest BCUT2D eigenvalue weighted by atomic mass is 10.2. The van der Waals surface area contributed by atoms with E-state index in [-0.39, 0.29) is 21.5 Å². The summed E-state index contributed by atoms with van der Waals surface area (Å²) in [5.41, 5.74) is 5.88. The second-order valence-corrected chi connectivity index (χ2v) is 4.70. The molecule has 0 fully saturated rings. The van der Waals surface area contributed by atoms with Crippen LogP contribution in [0.15, 0.2) is 28.9 Å². The molecule has 112 valence electrons. The number of nitrogen functional groups attached to an aromatic ring is 1. The molecule has 0 saturated carbocycles. The van der Waals surface area contributed by atoms with Crippen molar-refractivity contribution in [2.75, 3.05) is 11.1 Å². The second kappa shape index (κ2) is 5.64. The Morgan fingerprint density at radius 3 is 2.67 bits per heavy atom. The van der Waals surface area contributed by atoms with E-state index in [1.807, 2.05) is 0 Å². The van der Waals surface area contributed by atoms with Gasteiger partial charge in [-0.3, -0.25) is 9.89 Å². The largest absolute Gasteiger partial charge is 0.573 e. The summed E-state index contributed by atoms with van der Waals surface area (Å²) in [4.78, 5) is 11.8. The minimum atomic E-state index is -4.79. The van der Waals surface area contributed by atoms with Crippen LogP contribution >= 0.6 is 15.9 Å². The Bertz CT molecular complexity index is 672. The molecule has 0 aliphatic rings. The number of carbonyl (C=O) groups excluding carboxylic acids is 1. The van der Waals surface area contributed by atoms with E-state index < -0.39 is 18.0 Å². The van der Waals surface area contributed by atoms with Crippen LogP contribution in [0.2, 0.25) is 0 Å². The number of rotatable bonds is 3. The SMILES string of the molecule is Nc1[nH]ncc1C(=O)Nc1ccc(OC(F)(F)F)c(Br)c1. The fraction of sp³-hybridized carbons (Fsp3) is 0.0909. The molecule has 0 atom stereocenters. The van der Waals surface area contributed by atoms with Crippen molar-refractivity contribution in [2.24, 2.45) is 0 Å². The number of hydrogen-bond acceptors (Lipinski definition) is 4. The number of benzene rings is 1. The van der Waals surface area contributed by atoms with Crippen LogP contribution in [-0.4, -0.2) is 22.5 Å². The molecule has 21 heavy (non-hydrogen) atoms. The predicted molar refractivity (Wildman–Crippen MR) is 71.8 cm³/mol. The maximum absolute atomic E-state index is 12.1. The summed E-state index contributed by atoms with van der Waals surface area (Å²) in [5, 5.41) is 8.46. The first-order valence-corrected chi connectivity index (χ1v) is 6.21. The van der Waals surface area contributed by atoms with Gasteiger partial charge in [0.1, 0.15) is 17.1 Å². The summed E-state index contributed by atoms with van der Waals surface area (Å²) < 4.78 is 40.2. The van der Waals surface area contributed by atoms with Gasteiger partial charge in [0.25, 0.3) is 5.91 Å². The van der Waals surface area contributed by atoms with E-state index >= 15 is 0 Å². The molecular weight excluding hydrogens is 357 g/mol. The number of ether oxygens (including phenoxy) is 1. The molecule has 1 aromatic heterocycles. The number of aromatic nitrogens is 2. The number of anilines is 2. The summed E-state index contributed by atoms with van der Waals surface area (Å²) >= 11 is 2.93. The summed E-state index contributed by atoms with van der Waals surface area (Å²) in [5.74, 6) is -0.871. The maximum atomic E-state index is 12.1. The quantitative estimate of drug-likeness (QED) is 0.780. The van der Waals surface area contributed by atoms with Crippen molar-refractivity contribution in [1.29, 1.82) is 0 Å². The molecule has 0 spiro atoms. The van der Waals surface area contributed by atoms with Crippen LogP contribution in [0.4, 0.5) is 24.7 Å². The molecule has 0 unspecified atom stereocenters. The average molecular weight is 365 g/mol. The Balaban J connectivity index is 2.14. The van der Waals surface area contributed by atoms with Gasteiger partial charge in [-0.2, -0.15) is 5.10 Å². The topological polar surface area (TPSA) is 93.0 Å². The molecule has 4 N–H and O–H groups in total. The molecule has 1 aromatic carbocycles. The predicted octanol–water partition coefficient (Wildman–Crippen LogP) is 2.91. The number of nitrogens with one attached hydrogen (secondary N) is 2. The Kier molecular flexibility index (Phi) is 4.07. The van der Waals surface area contributed by atoms with Crippen molar-refractivity contribution in [1.82, 2.24) is 10.2 Å². The molecule has 0 saturated heterocycles. The first kappa shape index (κ1) is 15.2. The van der Waals surface area contributed by atoms with E-state index in [2.05, 4.69) is 36.2 Å². The van der Waals surface area contributed by atoms with Crippen molar-refractivity contribution in [3.05, 3.63) is 34.4 Å². The van der Waals surface area contributed by atoms with Crippen molar-refractivity contribution in [3.63, 3.8) is 0 Å². The van der Waals surface area contributed by atoms with Gasteiger partial charge in [-0.05, 0) is 34.1 Å². The summed E-state index contributed by atoms with van der Waals surface area (Å²) in [6.07, 6.45) is -3.56. The monoisotopic (exact) mass is 364 g/mol. The number of H-pyrrole nitrogens is 1. The van der Waals surface area contributed by atoms with Gasteiger partial charge in [-0.25, -0.2) is 0 Å². The zero-order chi connectivity index (χ0) is 15.6. The molecule has 0 bridgehead atoms. The summed E-state index contributed by atoms with van der Waals surface area (Å²) in [6, 6.07) is 3.61. The van der Waals surface area contributed by atoms with Crippen LogP contribution in [0.5, 0.6) is 5.75 Å². The van der Waals surface area contributed by atoms with Gasteiger partial charge in [0.2, 0.25) is 0 Å². The summed E-state index contributed by atoms with van der Waals surface area (Å²) in [6.45, 7) is 0. The number of hydrogen-bond donors (Lipinski definition) is 3. The maximum Gasteiger partial charge on any atom is 0.573 e. The molecule has 1 heterocycles. The van der Waals surface area contributed by atoms with Crippen LogP contribution in [-0.2, 0) is 0 Å². The lowest BCUT2D eigenvalue weighted by molar-refractivity contribution is -0.274.